The minimum atomic E-state index is -1.09. The Morgan fingerprint density at radius 2 is 2.07 bits per heavy atom. The molecule has 0 radical (unpaired) electrons. The fraction of sp³-hybridized carbons (Fsp3) is 0.483. The molecule has 0 spiro atoms. The van der Waals surface area contributed by atoms with Crippen LogP contribution in [0.5, 0.6) is 0 Å². The van der Waals surface area contributed by atoms with Crippen molar-refractivity contribution >= 4 is 46.7 Å². The van der Waals surface area contributed by atoms with Crippen LogP contribution in [0.1, 0.15) is 44.3 Å². The fourth-order valence-corrected chi connectivity index (χ4v) is 6.69. The number of aliphatic carboxylic acids is 1. The monoisotopic (exact) mass is 632 g/mol. The van der Waals surface area contributed by atoms with Gasteiger partial charge in [-0.25, -0.2) is 19.0 Å². The Balaban J connectivity index is 1.48. The number of amides is 2. The molecule has 3 aliphatic heterocycles. The summed E-state index contributed by atoms with van der Waals surface area (Å²) >= 11 is 7.78. The number of esters is 1. The third-order valence-corrected chi connectivity index (χ3v) is 9.15. The average molecular weight is 633 g/mol. The molecule has 3 aliphatic rings. The number of nitrogens with zero attached hydrogens (tertiary/aromatic N) is 5. The fourth-order valence-electron chi connectivity index (χ4n) is 5.87. The van der Waals surface area contributed by atoms with Crippen LogP contribution in [0.2, 0.25) is 5.02 Å². The van der Waals surface area contributed by atoms with Gasteiger partial charge in [-0.3, -0.25) is 14.7 Å². The molecule has 4 heterocycles. The maximum Gasteiger partial charge on any atom is 0.338 e. The van der Waals surface area contributed by atoms with Gasteiger partial charge in [-0.1, -0.05) is 23.7 Å². The van der Waals surface area contributed by atoms with Gasteiger partial charge in [-0.05, 0) is 33.8 Å². The highest BCUT2D eigenvalue weighted by molar-refractivity contribution is 7.11. The molecule has 2 unspecified atom stereocenters. The van der Waals surface area contributed by atoms with Gasteiger partial charge in [-0.15, -0.1) is 11.3 Å². The molecular formula is C29H34ClFN6O5S. The zero-order valence-electron chi connectivity index (χ0n) is 24.4. The van der Waals surface area contributed by atoms with E-state index in [-0.39, 0.29) is 36.3 Å². The van der Waals surface area contributed by atoms with Crippen molar-refractivity contribution in [3.05, 3.63) is 62.5 Å². The van der Waals surface area contributed by atoms with Crippen molar-refractivity contribution in [2.24, 2.45) is 10.4 Å². The number of urea groups is 1. The molecule has 1 aromatic heterocycles. The number of carboxylic acids is 1. The van der Waals surface area contributed by atoms with Crippen LogP contribution in [0.3, 0.4) is 0 Å². The van der Waals surface area contributed by atoms with Crippen molar-refractivity contribution in [3.63, 3.8) is 0 Å². The summed E-state index contributed by atoms with van der Waals surface area (Å²) in [5.74, 6) is -1.77. The number of fused-ring (bicyclic) bond motifs is 1. The summed E-state index contributed by atoms with van der Waals surface area (Å²) in [6.07, 6.45) is 1.65. The lowest BCUT2D eigenvalue weighted by atomic mass is 9.92. The molecule has 2 N–H and O–H groups in total. The topological polar surface area (TPSA) is 128 Å². The molecule has 2 saturated heterocycles. The van der Waals surface area contributed by atoms with Crippen molar-refractivity contribution in [3.8, 4) is 0 Å². The summed E-state index contributed by atoms with van der Waals surface area (Å²) in [6, 6.07) is 3.28. The minimum Gasteiger partial charge on any atom is -0.481 e. The van der Waals surface area contributed by atoms with E-state index in [1.807, 2.05) is 12.3 Å². The van der Waals surface area contributed by atoms with Crippen LogP contribution in [0.25, 0.3) is 0 Å². The number of benzene rings is 1. The second-order valence-corrected chi connectivity index (χ2v) is 13.1. The van der Waals surface area contributed by atoms with Gasteiger partial charge < -0.3 is 25.0 Å². The molecule has 2 aromatic rings. The van der Waals surface area contributed by atoms with Crippen molar-refractivity contribution in [2.75, 3.05) is 45.9 Å². The number of piperazine rings is 1. The maximum atomic E-state index is 14.6. The van der Waals surface area contributed by atoms with Crippen LogP contribution in [0, 0.1) is 11.2 Å². The number of ether oxygens (including phenoxy) is 1. The number of hydrogen-bond acceptors (Lipinski definition) is 9. The number of halogens is 2. The maximum absolute atomic E-state index is 14.6. The van der Waals surface area contributed by atoms with E-state index in [2.05, 4.69) is 15.2 Å². The van der Waals surface area contributed by atoms with E-state index < -0.39 is 34.8 Å². The Kier molecular flexibility index (Phi) is 8.52. The van der Waals surface area contributed by atoms with Crippen LogP contribution >= 0.6 is 22.9 Å². The van der Waals surface area contributed by atoms with Gasteiger partial charge >= 0.3 is 18.0 Å². The lowest BCUT2D eigenvalue weighted by Crippen LogP contribution is -2.60. The number of nitrogens with one attached hydrogen (secondary N) is 1. The average Bonchev–Trinajstić information content (AvgIpc) is 3.56. The Bertz CT molecular complexity index is 1500. The first-order chi connectivity index (χ1) is 20.3. The third-order valence-electron chi connectivity index (χ3n) is 7.97. The number of rotatable bonds is 9. The number of carbonyl (C=O) groups is 3. The van der Waals surface area contributed by atoms with E-state index in [1.54, 1.807) is 42.8 Å². The Hall–Kier alpha value is -3.55. The molecule has 14 heteroatoms. The molecule has 43 heavy (non-hydrogen) atoms. The molecule has 2 amide bonds. The second-order valence-electron chi connectivity index (χ2n) is 11.8. The number of aromatic nitrogens is 1. The summed E-state index contributed by atoms with van der Waals surface area (Å²) in [5, 5.41) is 15.2. The van der Waals surface area contributed by atoms with E-state index in [9.17, 15) is 23.9 Å². The normalized spacial score (nSPS) is 22.8. The van der Waals surface area contributed by atoms with E-state index in [1.165, 1.54) is 23.5 Å². The Morgan fingerprint density at radius 1 is 1.30 bits per heavy atom. The third kappa shape index (κ3) is 5.98. The Labute approximate surface area is 258 Å². The van der Waals surface area contributed by atoms with Gasteiger partial charge in [0.2, 0.25) is 0 Å². The quantitative estimate of drug-likeness (QED) is 0.400. The molecule has 0 aliphatic carbocycles. The number of aliphatic imine (C=N–C) groups is 1. The smallest absolute Gasteiger partial charge is 0.338 e. The van der Waals surface area contributed by atoms with Crippen molar-refractivity contribution in [2.45, 2.75) is 39.3 Å². The molecule has 11 nitrogen and oxygen atoms in total. The first-order valence-corrected chi connectivity index (χ1v) is 15.2. The zero-order chi connectivity index (χ0) is 31.1. The van der Waals surface area contributed by atoms with Crippen LogP contribution < -0.4 is 5.32 Å². The lowest BCUT2D eigenvalue weighted by Gasteiger charge is -2.44. The van der Waals surface area contributed by atoms with Crippen LogP contribution in [-0.2, 0) is 14.3 Å². The SMILES string of the molecule is CCOC(=O)C1=C(CN2CCN3C(=O)N(CC(C)(C)C(=O)O)CC3(C)C2)NC(c2nccs2)=NC1c1cccc(F)c1Cl. The predicted molar refractivity (Wildman–Crippen MR) is 160 cm³/mol. The van der Waals surface area contributed by atoms with Crippen LogP contribution in [0.4, 0.5) is 9.18 Å². The lowest BCUT2D eigenvalue weighted by molar-refractivity contribution is -0.147. The van der Waals surface area contributed by atoms with Crippen molar-refractivity contribution in [1.29, 1.82) is 0 Å². The highest BCUT2D eigenvalue weighted by atomic mass is 35.5. The van der Waals surface area contributed by atoms with Gasteiger partial charge in [0.1, 0.15) is 11.9 Å². The second kappa shape index (κ2) is 11.9. The highest BCUT2D eigenvalue weighted by Gasteiger charge is 2.51. The number of amidine groups is 1. The molecule has 0 saturated carbocycles. The highest BCUT2D eigenvalue weighted by Crippen LogP contribution is 2.38. The summed E-state index contributed by atoms with van der Waals surface area (Å²) in [7, 11) is 0. The molecule has 2 atom stereocenters. The minimum absolute atomic E-state index is 0.0939. The molecule has 2 fully saturated rings. The first kappa shape index (κ1) is 30.9. The van der Waals surface area contributed by atoms with Gasteiger partial charge in [-0.2, -0.15) is 0 Å². The van der Waals surface area contributed by atoms with E-state index >= 15 is 0 Å². The van der Waals surface area contributed by atoms with E-state index in [4.69, 9.17) is 21.3 Å². The van der Waals surface area contributed by atoms with Gasteiger partial charge in [0.25, 0.3) is 0 Å². The van der Waals surface area contributed by atoms with E-state index in [0.717, 1.165) is 0 Å². The van der Waals surface area contributed by atoms with Gasteiger partial charge in [0.15, 0.2) is 10.8 Å². The van der Waals surface area contributed by atoms with Crippen LogP contribution in [-0.4, -0.2) is 100 Å². The number of carbonyl (C=O) groups excluding carboxylic acids is 2. The van der Waals surface area contributed by atoms with Gasteiger partial charge in [0.05, 0.1) is 28.2 Å². The Morgan fingerprint density at radius 3 is 2.74 bits per heavy atom. The molecule has 230 valence electrons. The first-order valence-electron chi connectivity index (χ1n) is 14.0. The van der Waals surface area contributed by atoms with Crippen LogP contribution in [0.15, 0.2) is 46.0 Å². The summed E-state index contributed by atoms with van der Waals surface area (Å²) in [4.78, 5) is 53.2. The number of carboxylic acid groups (broad SMARTS) is 1. The van der Waals surface area contributed by atoms with Crippen molar-refractivity contribution < 1.29 is 28.6 Å². The number of thiazole rings is 1. The predicted octanol–water partition coefficient (Wildman–Crippen LogP) is 3.77. The number of hydrogen-bond donors (Lipinski definition) is 2. The van der Waals surface area contributed by atoms with Crippen molar-refractivity contribution in [1.82, 2.24) is 25.0 Å². The molecule has 0 bridgehead atoms. The zero-order valence-corrected chi connectivity index (χ0v) is 26.0. The largest absolute Gasteiger partial charge is 0.481 e. The molecule has 5 rings (SSSR count). The summed E-state index contributed by atoms with van der Waals surface area (Å²) in [5.41, 5.74) is -0.609. The van der Waals surface area contributed by atoms with E-state index in [0.29, 0.717) is 48.3 Å². The standard InChI is InChI=1S/C29H34ClFN6O5S/c1-5-42-25(38)20-19(33-23(24-32-9-12-43-24)34-22(20)17-7-6-8-18(31)21(17)30)13-35-10-11-37-27(41)36(16-29(37,4)15-35)14-28(2,3)26(39)40/h6-9,12,22H,5,10-11,13-16H2,1-4H3,(H,33,34)(H,39,40). The summed E-state index contributed by atoms with van der Waals surface area (Å²) < 4.78 is 20.1. The summed E-state index contributed by atoms with van der Waals surface area (Å²) in [6.45, 7) is 9.17. The molecular weight excluding hydrogens is 599 g/mol. The molecule has 1 aromatic carbocycles. The van der Waals surface area contributed by atoms with Gasteiger partial charge in [0, 0.05) is 62.1 Å².